The van der Waals surface area contributed by atoms with Crippen LogP contribution in [0.4, 0.5) is 0 Å². The fourth-order valence-electron chi connectivity index (χ4n) is 3.99. The predicted molar refractivity (Wildman–Crippen MR) is 97.8 cm³/mol. The van der Waals surface area contributed by atoms with E-state index in [0.29, 0.717) is 12.1 Å². The van der Waals surface area contributed by atoms with Crippen molar-refractivity contribution in [1.29, 1.82) is 0 Å². The van der Waals surface area contributed by atoms with Gasteiger partial charge in [-0.3, -0.25) is 4.90 Å². The molecule has 1 aromatic rings. The molecule has 0 aliphatic carbocycles. The van der Waals surface area contributed by atoms with Crippen molar-refractivity contribution < 1.29 is 4.21 Å². The van der Waals surface area contributed by atoms with Gasteiger partial charge in [-0.25, -0.2) is 4.21 Å². The molecule has 0 radical (unpaired) electrons. The molecule has 126 valence electrons. The van der Waals surface area contributed by atoms with Gasteiger partial charge < -0.3 is 0 Å². The summed E-state index contributed by atoms with van der Waals surface area (Å²) in [4.78, 5) is 4.80. The van der Waals surface area contributed by atoms with E-state index in [1.165, 1.54) is 56.4 Å². The standard InChI is InChI=1S/C20H29NOS/c1-2-3-4-6-10-17-15-20(16-18-11-9-14-21(17)18)23(22)19-12-7-5-8-13-19/h5,7-8,12-13,15,17-18H,2-4,6,9-11,14,16H2,1H3/t17-,18+,23+/m1/s1. The van der Waals surface area contributed by atoms with E-state index < -0.39 is 10.8 Å². The van der Waals surface area contributed by atoms with Crippen molar-refractivity contribution in [2.75, 3.05) is 6.54 Å². The van der Waals surface area contributed by atoms with Crippen molar-refractivity contribution in [1.82, 2.24) is 4.90 Å². The molecule has 0 spiro atoms. The summed E-state index contributed by atoms with van der Waals surface area (Å²) in [5.41, 5.74) is 0. The van der Waals surface area contributed by atoms with E-state index in [0.717, 1.165) is 11.3 Å². The largest absolute Gasteiger partial charge is 0.294 e. The molecule has 0 aromatic heterocycles. The van der Waals surface area contributed by atoms with Crippen LogP contribution in [0.1, 0.15) is 58.3 Å². The monoisotopic (exact) mass is 331 g/mol. The highest BCUT2D eigenvalue weighted by Crippen LogP contribution is 2.35. The molecule has 2 heterocycles. The van der Waals surface area contributed by atoms with Crippen LogP contribution in [-0.4, -0.2) is 27.7 Å². The highest BCUT2D eigenvalue weighted by molar-refractivity contribution is 7.89. The molecule has 3 rings (SSSR count). The molecule has 3 atom stereocenters. The Morgan fingerprint density at radius 2 is 2.00 bits per heavy atom. The summed E-state index contributed by atoms with van der Waals surface area (Å²) in [6.07, 6.45) is 12.4. The van der Waals surface area contributed by atoms with Gasteiger partial charge in [-0.15, -0.1) is 0 Å². The van der Waals surface area contributed by atoms with Crippen molar-refractivity contribution in [3.8, 4) is 0 Å². The number of hydrogen-bond acceptors (Lipinski definition) is 2. The first-order chi connectivity index (χ1) is 11.3. The molecule has 1 fully saturated rings. The summed E-state index contributed by atoms with van der Waals surface area (Å²) >= 11 is 0. The highest BCUT2D eigenvalue weighted by Gasteiger charge is 2.35. The van der Waals surface area contributed by atoms with E-state index in [-0.39, 0.29) is 0 Å². The fraction of sp³-hybridized carbons (Fsp3) is 0.600. The lowest BCUT2D eigenvalue weighted by Gasteiger charge is -2.36. The molecule has 2 aliphatic rings. The van der Waals surface area contributed by atoms with Gasteiger partial charge in [-0.05, 0) is 44.4 Å². The maximum Gasteiger partial charge on any atom is 0.0806 e. The van der Waals surface area contributed by atoms with Gasteiger partial charge >= 0.3 is 0 Å². The molecule has 0 saturated carbocycles. The van der Waals surface area contributed by atoms with Crippen LogP contribution in [0, 0.1) is 0 Å². The normalized spacial score (nSPS) is 25.9. The lowest BCUT2D eigenvalue weighted by molar-refractivity contribution is 0.187. The van der Waals surface area contributed by atoms with Gasteiger partial charge in [0.1, 0.15) is 0 Å². The van der Waals surface area contributed by atoms with E-state index in [9.17, 15) is 4.21 Å². The zero-order chi connectivity index (χ0) is 16.1. The zero-order valence-electron chi connectivity index (χ0n) is 14.2. The number of benzene rings is 1. The molecule has 0 unspecified atom stereocenters. The van der Waals surface area contributed by atoms with Gasteiger partial charge in [-0.2, -0.15) is 0 Å². The summed E-state index contributed by atoms with van der Waals surface area (Å²) in [6, 6.07) is 11.1. The van der Waals surface area contributed by atoms with Crippen molar-refractivity contribution in [3.05, 3.63) is 41.3 Å². The summed E-state index contributed by atoms with van der Waals surface area (Å²) < 4.78 is 12.9. The van der Waals surface area contributed by atoms with E-state index in [1.807, 2.05) is 30.3 Å². The zero-order valence-corrected chi connectivity index (χ0v) is 15.1. The van der Waals surface area contributed by atoms with Crippen LogP contribution in [0.3, 0.4) is 0 Å². The van der Waals surface area contributed by atoms with E-state index in [2.05, 4.69) is 17.9 Å². The number of rotatable bonds is 7. The molecule has 0 N–H and O–H groups in total. The number of nitrogens with zero attached hydrogens (tertiary/aromatic N) is 1. The second-order valence-corrected chi connectivity index (χ2v) is 8.40. The van der Waals surface area contributed by atoms with Crippen LogP contribution < -0.4 is 0 Å². The Bertz CT molecular complexity index is 554. The molecule has 1 aromatic carbocycles. The highest BCUT2D eigenvalue weighted by atomic mass is 32.2. The van der Waals surface area contributed by atoms with Crippen molar-refractivity contribution in [3.63, 3.8) is 0 Å². The third-order valence-corrected chi connectivity index (χ3v) is 6.69. The fourth-order valence-corrected chi connectivity index (χ4v) is 5.32. The molecular formula is C20H29NOS. The van der Waals surface area contributed by atoms with Gasteiger partial charge in [-0.1, -0.05) is 56.9 Å². The van der Waals surface area contributed by atoms with Gasteiger partial charge in [0.05, 0.1) is 10.8 Å². The summed E-state index contributed by atoms with van der Waals surface area (Å²) in [7, 11) is -0.974. The third kappa shape index (κ3) is 4.13. The Kier molecular flexibility index (Phi) is 6.07. The maximum absolute atomic E-state index is 12.9. The minimum Gasteiger partial charge on any atom is -0.294 e. The van der Waals surface area contributed by atoms with Crippen LogP contribution in [0.2, 0.25) is 0 Å². The van der Waals surface area contributed by atoms with Gasteiger partial charge in [0.25, 0.3) is 0 Å². The predicted octanol–water partition coefficient (Wildman–Crippen LogP) is 4.89. The minimum atomic E-state index is -0.974. The van der Waals surface area contributed by atoms with Crippen molar-refractivity contribution in [2.45, 2.75) is 75.3 Å². The summed E-state index contributed by atoms with van der Waals surface area (Å²) in [5.74, 6) is 0. The quantitative estimate of drug-likeness (QED) is 0.663. The summed E-state index contributed by atoms with van der Waals surface area (Å²) in [6.45, 7) is 3.49. The first-order valence-corrected chi connectivity index (χ1v) is 10.4. The van der Waals surface area contributed by atoms with Crippen LogP contribution in [0.25, 0.3) is 0 Å². The molecule has 0 amide bonds. The first kappa shape index (κ1) is 16.9. The van der Waals surface area contributed by atoms with Gasteiger partial charge in [0.2, 0.25) is 0 Å². The Morgan fingerprint density at radius 3 is 2.78 bits per heavy atom. The van der Waals surface area contributed by atoms with Gasteiger partial charge in [0, 0.05) is 21.9 Å². The Balaban J connectivity index is 1.72. The minimum absolute atomic E-state index is 0.510. The van der Waals surface area contributed by atoms with E-state index in [4.69, 9.17) is 0 Å². The second kappa shape index (κ2) is 8.25. The summed E-state index contributed by atoms with van der Waals surface area (Å²) in [5, 5.41) is 0. The van der Waals surface area contributed by atoms with Gasteiger partial charge in [0.15, 0.2) is 0 Å². The average molecular weight is 332 g/mol. The first-order valence-electron chi connectivity index (χ1n) is 9.23. The molecule has 0 bridgehead atoms. The molecular weight excluding hydrogens is 302 g/mol. The van der Waals surface area contributed by atoms with Crippen LogP contribution in [0.5, 0.6) is 0 Å². The molecule has 3 heteroatoms. The molecule has 2 aliphatic heterocycles. The molecule has 23 heavy (non-hydrogen) atoms. The second-order valence-electron chi connectivity index (χ2n) is 6.87. The van der Waals surface area contributed by atoms with E-state index >= 15 is 0 Å². The smallest absolute Gasteiger partial charge is 0.0806 e. The Hall–Kier alpha value is -0.930. The SMILES string of the molecule is CCCCCC[C@@H]1C=C([S@@](=O)c2ccccc2)C[C@@H]2CCCN21. The number of fused-ring (bicyclic) bond motifs is 1. The molecule has 1 saturated heterocycles. The Labute approximate surface area is 143 Å². The Morgan fingerprint density at radius 1 is 1.17 bits per heavy atom. The molecule has 2 nitrogen and oxygen atoms in total. The maximum atomic E-state index is 12.9. The van der Waals surface area contributed by atoms with Crippen molar-refractivity contribution in [2.24, 2.45) is 0 Å². The number of unbranched alkanes of at least 4 members (excludes halogenated alkanes) is 3. The van der Waals surface area contributed by atoms with Crippen LogP contribution in [0.15, 0.2) is 46.2 Å². The lowest BCUT2D eigenvalue weighted by Crippen LogP contribution is -2.41. The average Bonchev–Trinajstić information content (AvgIpc) is 3.07. The third-order valence-electron chi connectivity index (χ3n) is 5.21. The van der Waals surface area contributed by atoms with E-state index in [1.54, 1.807) is 0 Å². The van der Waals surface area contributed by atoms with Crippen LogP contribution >= 0.6 is 0 Å². The lowest BCUT2D eigenvalue weighted by atomic mass is 9.99. The number of hydrogen-bond donors (Lipinski definition) is 0. The van der Waals surface area contributed by atoms with Crippen molar-refractivity contribution >= 4 is 10.8 Å². The topological polar surface area (TPSA) is 20.3 Å². The van der Waals surface area contributed by atoms with Crippen LogP contribution in [-0.2, 0) is 10.8 Å².